The Kier molecular flexibility index (Phi) is 10.6. The van der Waals surface area contributed by atoms with Crippen molar-refractivity contribution in [3.8, 4) is 0 Å². The van der Waals surface area contributed by atoms with Gasteiger partial charge in [0.25, 0.3) is 5.91 Å². The van der Waals surface area contributed by atoms with E-state index in [0.29, 0.717) is 24.5 Å². The second-order valence-corrected chi connectivity index (χ2v) is 7.50. The molecule has 4 N–H and O–H groups in total. The molecule has 2 amide bonds. The molecule has 0 aliphatic heterocycles. The van der Waals surface area contributed by atoms with Crippen molar-refractivity contribution in [1.82, 2.24) is 14.1 Å². The summed E-state index contributed by atoms with van der Waals surface area (Å²) in [4.78, 5) is 43.8. The van der Waals surface area contributed by atoms with Gasteiger partial charge in [0.1, 0.15) is 5.69 Å². The number of amides is 2. The fourth-order valence-electron chi connectivity index (χ4n) is 3.26. The van der Waals surface area contributed by atoms with Crippen molar-refractivity contribution in [2.24, 2.45) is 17.9 Å². The molecule has 0 radical (unpaired) electrons. The van der Waals surface area contributed by atoms with Gasteiger partial charge in [-0.1, -0.05) is 18.0 Å². The van der Waals surface area contributed by atoms with Gasteiger partial charge in [-0.3, -0.25) is 9.59 Å². The lowest BCUT2D eigenvalue weighted by atomic mass is 10.2. The molecule has 0 aliphatic rings. The van der Waals surface area contributed by atoms with Crippen LogP contribution in [-0.4, -0.2) is 51.6 Å². The minimum atomic E-state index is -0.493. The number of anilines is 2. The van der Waals surface area contributed by atoms with Crippen LogP contribution in [0.2, 0.25) is 0 Å². The maximum atomic E-state index is 12.8. The molecule has 0 unspecified atom stereocenters. The number of rotatable bonds is 14. The number of aromatic nitrogens is 3. The van der Waals surface area contributed by atoms with E-state index in [1.807, 2.05) is 0 Å². The Morgan fingerprint density at radius 1 is 1.21 bits per heavy atom. The van der Waals surface area contributed by atoms with Gasteiger partial charge < -0.3 is 30.2 Å². The highest BCUT2D eigenvalue weighted by Crippen LogP contribution is 2.18. The van der Waals surface area contributed by atoms with Crippen LogP contribution in [0.5, 0.6) is 0 Å². The third-order valence-electron chi connectivity index (χ3n) is 4.83. The van der Waals surface area contributed by atoms with Crippen LogP contribution in [0.1, 0.15) is 60.1 Å². The molecule has 0 atom stereocenters. The number of aryl methyl sites for hydroxylation is 2. The molecule has 0 bridgehead atoms. The zero-order valence-electron chi connectivity index (χ0n) is 19.5. The number of ether oxygens (including phenoxy) is 1. The first-order valence-electron chi connectivity index (χ1n) is 11.1. The van der Waals surface area contributed by atoms with Gasteiger partial charge >= 0.3 is 5.97 Å². The quantitative estimate of drug-likeness (QED) is 0.125. The van der Waals surface area contributed by atoms with Crippen LogP contribution in [0.4, 0.5) is 11.5 Å². The lowest BCUT2D eigenvalue weighted by Crippen LogP contribution is -2.17. The predicted octanol–water partition coefficient (Wildman–Crippen LogP) is 2.81. The van der Waals surface area contributed by atoms with Gasteiger partial charge in [-0.15, -0.1) is 0 Å². The van der Waals surface area contributed by atoms with Crippen LogP contribution < -0.4 is 16.4 Å². The number of carbonyl (C=O) groups excluding carboxylic acids is 3. The number of esters is 1. The molecule has 2 aromatic rings. The molecule has 0 fully saturated rings. The van der Waals surface area contributed by atoms with Crippen LogP contribution in [0, 0.1) is 0 Å². The first-order valence-corrected chi connectivity index (χ1v) is 11.1. The fourth-order valence-corrected chi connectivity index (χ4v) is 3.26. The molecular formula is C21H31N9O4. The first kappa shape index (κ1) is 26.4. The highest BCUT2D eigenvalue weighted by atomic mass is 16.5. The van der Waals surface area contributed by atoms with E-state index < -0.39 is 11.9 Å². The number of hydrogen-bond acceptors (Lipinski definition) is 7. The van der Waals surface area contributed by atoms with E-state index in [-0.39, 0.29) is 37.1 Å². The number of imidazole rings is 1. The Labute approximate surface area is 197 Å². The van der Waals surface area contributed by atoms with Gasteiger partial charge in [0, 0.05) is 50.4 Å². The average molecular weight is 474 g/mol. The van der Waals surface area contributed by atoms with Crippen LogP contribution in [0.25, 0.3) is 10.4 Å². The van der Waals surface area contributed by atoms with Crippen molar-refractivity contribution < 1.29 is 19.1 Å². The number of azide groups is 1. The number of unbranched alkanes of at least 4 members (excludes halogenated alkanes) is 3. The molecule has 34 heavy (non-hydrogen) atoms. The second kappa shape index (κ2) is 13.7. The maximum Gasteiger partial charge on any atom is 0.355 e. The lowest BCUT2D eigenvalue weighted by Gasteiger charge is -2.08. The molecule has 13 heteroatoms. The first-order chi connectivity index (χ1) is 16.4. The summed E-state index contributed by atoms with van der Waals surface area (Å²) in [5.41, 5.74) is 14.4. The van der Waals surface area contributed by atoms with Gasteiger partial charge in [0.2, 0.25) is 11.7 Å². The lowest BCUT2D eigenvalue weighted by molar-refractivity contribution is -0.116. The predicted molar refractivity (Wildman–Crippen MR) is 126 cm³/mol. The fraction of sp³-hybridized carbons (Fsp3) is 0.524. The Morgan fingerprint density at radius 2 is 1.97 bits per heavy atom. The summed E-state index contributed by atoms with van der Waals surface area (Å²) in [5.74, 6) is -0.924. The maximum absolute atomic E-state index is 12.8. The number of nitrogens with zero attached hydrogens (tertiary/aromatic N) is 6. The van der Waals surface area contributed by atoms with Gasteiger partial charge in [-0.25, -0.2) is 9.78 Å². The summed E-state index contributed by atoms with van der Waals surface area (Å²) in [6.45, 7) is 3.20. The Hall–Kier alpha value is -3.83. The van der Waals surface area contributed by atoms with Crippen molar-refractivity contribution in [2.75, 3.05) is 30.3 Å². The van der Waals surface area contributed by atoms with E-state index in [1.165, 1.54) is 10.8 Å². The van der Waals surface area contributed by atoms with Gasteiger partial charge in [-0.05, 0) is 31.4 Å². The van der Waals surface area contributed by atoms with Crippen LogP contribution in [0.3, 0.4) is 0 Å². The summed E-state index contributed by atoms with van der Waals surface area (Å²) >= 11 is 0. The van der Waals surface area contributed by atoms with Crippen molar-refractivity contribution in [2.45, 2.75) is 45.6 Å². The molecule has 2 rings (SSSR count). The molecule has 0 aromatic carbocycles. The molecule has 0 spiro atoms. The smallest absolute Gasteiger partial charge is 0.355 e. The molecular weight excluding hydrogens is 442 g/mol. The summed E-state index contributed by atoms with van der Waals surface area (Å²) in [6.07, 6.45) is 6.76. The Bertz CT molecular complexity index is 1040. The SMILES string of the molecule is CCOC(=O)c1cc(NC(=O)c2nc(NC(=O)CCN)cn2C)cn1CCCCCCN=[N+]=[N-]. The van der Waals surface area contributed by atoms with Gasteiger partial charge in [0.15, 0.2) is 5.82 Å². The zero-order valence-corrected chi connectivity index (χ0v) is 19.5. The molecule has 184 valence electrons. The van der Waals surface area contributed by atoms with Crippen molar-refractivity contribution in [3.05, 3.63) is 40.4 Å². The minimum Gasteiger partial charge on any atom is -0.461 e. The van der Waals surface area contributed by atoms with E-state index in [1.54, 1.807) is 30.8 Å². The standard InChI is InChI=1S/C21H31N9O4/c1-3-34-21(33)16-12-15(13-30(16)11-7-5-4-6-10-24-28-23)25-20(32)19-27-17(14-29(19)2)26-18(31)8-9-22/h12-14H,3-11,22H2,1-2H3,(H,25,32)(H,26,31). The third kappa shape index (κ3) is 7.94. The number of carbonyl (C=O) groups is 3. The Balaban J connectivity index is 2.06. The molecule has 13 nitrogen and oxygen atoms in total. The summed E-state index contributed by atoms with van der Waals surface area (Å²) < 4.78 is 8.38. The molecule has 0 saturated carbocycles. The number of nitrogens with two attached hydrogens (primary N) is 1. The molecule has 2 heterocycles. The number of nitrogens with one attached hydrogen (secondary N) is 2. The van der Waals surface area contributed by atoms with E-state index in [9.17, 15) is 14.4 Å². The second-order valence-electron chi connectivity index (χ2n) is 7.50. The van der Waals surface area contributed by atoms with E-state index in [2.05, 4.69) is 25.6 Å². The Morgan fingerprint density at radius 3 is 2.68 bits per heavy atom. The highest BCUT2D eigenvalue weighted by molar-refractivity contribution is 6.03. The van der Waals surface area contributed by atoms with Gasteiger partial charge in [-0.2, -0.15) is 0 Å². The topological polar surface area (TPSA) is 182 Å². The largest absolute Gasteiger partial charge is 0.461 e. The van der Waals surface area contributed by atoms with Crippen molar-refractivity contribution in [3.63, 3.8) is 0 Å². The highest BCUT2D eigenvalue weighted by Gasteiger charge is 2.19. The van der Waals surface area contributed by atoms with Crippen molar-refractivity contribution >= 4 is 29.3 Å². The minimum absolute atomic E-state index is 0.0912. The normalized spacial score (nSPS) is 10.4. The zero-order chi connectivity index (χ0) is 24.9. The summed E-state index contributed by atoms with van der Waals surface area (Å²) in [6, 6.07) is 1.56. The van der Waals surface area contributed by atoms with Crippen LogP contribution >= 0.6 is 0 Å². The molecule has 2 aromatic heterocycles. The molecule has 0 aliphatic carbocycles. The molecule has 0 saturated heterocycles. The van der Waals surface area contributed by atoms with Crippen molar-refractivity contribution in [1.29, 1.82) is 0 Å². The monoisotopic (exact) mass is 473 g/mol. The van der Waals surface area contributed by atoms with Crippen LogP contribution in [-0.2, 0) is 23.1 Å². The number of hydrogen-bond donors (Lipinski definition) is 3. The average Bonchev–Trinajstić information content (AvgIpc) is 3.36. The van der Waals surface area contributed by atoms with E-state index >= 15 is 0 Å². The summed E-state index contributed by atoms with van der Waals surface area (Å²) in [5, 5.41) is 8.85. The van der Waals surface area contributed by atoms with E-state index in [0.717, 1.165) is 25.7 Å². The van der Waals surface area contributed by atoms with Crippen LogP contribution in [0.15, 0.2) is 23.6 Å². The van der Waals surface area contributed by atoms with E-state index in [4.69, 9.17) is 16.0 Å². The third-order valence-corrected chi connectivity index (χ3v) is 4.83. The summed E-state index contributed by atoms with van der Waals surface area (Å²) in [7, 11) is 1.64. The van der Waals surface area contributed by atoms with Gasteiger partial charge in [0.05, 0.1) is 12.3 Å².